The van der Waals surface area contributed by atoms with E-state index in [0.717, 1.165) is 12.0 Å². The lowest BCUT2D eigenvalue weighted by Gasteiger charge is -2.40. The molecule has 0 aliphatic heterocycles. The molecule has 0 unspecified atom stereocenters. The molecule has 0 heterocycles. The predicted octanol–water partition coefficient (Wildman–Crippen LogP) is 3.33. The second-order valence-corrected chi connectivity index (χ2v) is 5.55. The van der Waals surface area contributed by atoms with Crippen molar-refractivity contribution in [2.75, 3.05) is 0 Å². The van der Waals surface area contributed by atoms with Gasteiger partial charge in [-0.2, -0.15) is 0 Å². The largest absolute Gasteiger partial charge is 0.294 e. The van der Waals surface area contributed by atoms with E-state index in [-0.39, 0.29) is 5.41 Å². The van der Waals surface area contributed by atoms with E-state index in [1.54, 1.807) is 0 Å². The second kappa shape index (κ2) is 2.52. The number of hydrogen-bond donors (Lipinski definition) is 0. The van der Waals surface area contributed by atoms with Crippen LogP contribution in [-0.2, 0) is 5.41 Å². The molecule has 1 nitrogen and oxygen atoms in total. The fourth-order valence-electron chi connectivity index (χ4n) is 3.13. The van der Waals surface area contributed by atoms with Crippen LogP contribution >= 0.6 is 0 Å². The summed E-state index contributed by atoms with van der Waals surface area (Å²) in [5, 5.41) is 0. The summed E-state index contributed by atoms with van der Waals surface area (Å²) in [4.78, 5) is 12.0. The van der Waals surface area contributed by atoms with Gasteiger partial charge in [-0.15, -0.1) is 0 Å². The van der Waals surface area contributed by atoms with Crippen LogP contribution in [0.2, 0.25) is 0 Å². The summed E-state index contributed by atoms with van der Waals surface area (Å²) in [7, 11) is 0. The van der Waals surface area contributed by atoms with Crippen molar-refractivity contribution in [1.29, 1.82) is 0 Å². The van der Waals surface area contributed by atoms with Crippen molar-refractivity contribution in [2.24, 2.45) is 5.41 Å². The van der Waals surface area contributed by atoms with Gasteiger partial charge < -0.3 is 0 Å². The van der Waals surface area contributed by atoms with Gasteiger partial charge in [0.1, 0.15) is 0 Å². The van der Waals surface area contributed by atoms with Gasteiger partial charge in [-0.1, -0.05) is 38.1 Å². The topological polar surface area (TPSA) is 17.1 Å². The minimum absolute atomic E-state index is 0.178. The SMILES string of the molecule is CC1(C)c2ccccc2C(=O)CC12CC2. The monoisotopic (exact) mass is 200 g/mol. The fraction of sp³-hybridized carbons (Fsp3) is 0.500. The van der Waals surface area contributed by atoms with Crippen LogP contribution in [0.3, 0.4) is 0 Å². The van der Waals surface area contributed by atoms with Gasteiger partial charge in [0.15, 0.2) is 5.78 Å². The number of fused-ring (bicyclic) bond motifs is 1. The first kappa shape index (κ1) is 9.14. The molecular weight excluding hydrogens is 184 g/mol. The third-order valence-electron chi connectivity index (χ3n) is 4.58. The van der Waals surface area contributed by atoms with Crippen LogP contribution in [0.4, 0.5) is 0 Å². The molecule has 1 aromatic rings. The Morgan fingerprint density at radius 2 is 1.80 bits per heavy atom. The summed E-state index contributed by atoms with van der Waals surface area (Å²) in [6.45, 7) is 4.59. The summed E-state index contributed by atoms with van der Waals surface area (Å²) in [6.07, 6.45) is 3.21. The summed E-state index contributed by atoms with van der Waals surface area (Å²) in [6, 6.07) is 8.13. The Morgan fingerprint density at radius 3 is 2.47 bits per heavy atom. The Kier molecular flexibility index (Phi) is 1.54. The fourth-order valence-corrected chi connectivity index (χ4v) is 3.13. The maximum Gasteiger partial charge on any atom is 0.163 e. The van der Waals surface area contributed by atoms with Crippen LogP contribution in [0.1, 0.15) is 49.0 Å². The van der Waals surface area contributed by atoms with Gasteiger partial charge in [0.25, 0.3) is 0 Å². The van der Waals surface area contributed by atoms with Crippen LogP contribution < -0.4 is 0 Å². The highest BCUT2D eigenvalue weighted by Gasteiger charge is 2.58. The third kappa shape index (κ3) is 1.01. The first-order valence-electron chi connectivity index (χ1n) is 5.70. The molecule has 0 radical (unpaired) electrons. The first-order valence-corrected chi connectivity index (χ1v) is 5.70. The third-order valence-corrected chi connectivity index (χ3v) is 4.58. The molecule has 0 saturated heterocycles. The van der Waals surface area contributed by atoms with Gasteiger partial charge in [-0.05, 0) is 29.2 Å². The van der Waals surface area contributed by atoms with E-state index in [4.69, 9.17) is 0 Å². The Hall–Kier alpha value is -1.11. The number of ketones is 1. The molecular formula is C14H16O. The Balaban J connectivity index is 2.24. The predicted molar refractivity (Wildman–Crippen MR) is 60.1 cm³/mol. The number of rotatable bonds is 0. The van der Waals surface area contributed by atoms with Crippen molar-refractivity contribution in [3.63, 3.8) is 0 Å². The van der Waals surface area contributed by atoms with E-state index in [2.05, 4.69) is 26.0 Å². The number of hydrogen-bond acceptors (Lipinski definition) is 1. The Morgan fingerprint density at radius 1 is 1.13 bits per heavy atom. The van der Waals surface area contributed by atoms with Crippen molar-refractivity contribution in [3.8, 4) is 0 Å². The van der Waals surface area contributed by atoms with Gasteiger partial charge in [0.2, 0.25) is 0 Å². The molecule has 15 heavy (non-hydrogen) atoms. The zero-order valence-corrected chi connectivity index (χ0v) is 9.34. The minimum atomic E-state index is 0.178. The molecule has 1 saturated carbocycles. The lowest BCUT2D eigenvalue weighted by molar-refractivity contribution is 0.0893. The van der Waals surface area contributed by atoms with Crippen LogP contribution in [0.25, 0.3) is 0 Å². The average Bonchev–Trinajstić information content (AvgIpc) is 2.97. The average molecular weight is 200 g/mol. The summed E-state index contributed by atoms with van der Waals surface area (Å²) < 4.78 is 0. The van der Waals surface area contributed by atoms with Crippen LogP contribution in [-0.4, -0.2) is 5.78 Å². The van der Waals surface area contributed by atoms with Gasteiger partial charge in [-0.3, -0.25) is 4.79 Å². The van der Waals surface area contributed by atoms with Crippen LogP contribution in [0.15, 0.2) is 24.3 Å². The summed E-state index contributed by atoms with van der Waals surface area (Å²) >= 11 is 0. The van der Waals surface area contributed by atoms with Crippen LogP contribution in [0, 0.1) is 5.41 Å². The standard InChI is InChI=1S/C14H16O/c1-13(2)11-6-4-3-5-10(11)12(15)9-14(13)7-8-14/h3-6H,7-9H2,1-2H3. The number of carbonyl (C=O) groups is 1. The summed E-state index contributed by atoms with van der Waals surface area (Å²) in [5.41, 5.74) is 2.69. The van der Waals surface area contributed by atoms with E-state index in [1.165, 1.54) is 18.4 Å². The lowest BCUT2D eigenvalue weighted by Crippen LogP contribution is -2.38. The molecule has 0 amide bonds. The van der Waals surface area contributed by atoms with Crippen molar-refractivity contribution in [2.45, 2.75) is 38.5 Å². The molecule has 78 valence electrons. The van der Waals surface area contributed by atoms with E-state index in [9.17, 15) is 4.79 Å². The first-order chi connectivity index (χ1) is 7.07. The van der Waals surface area contributed by atoms with Gasteiger partial charge >= 0.3 is 0 Å². The lowest BCUT2D eigenvalue weighted by atomic mass is 9.63. The van der Waals surface area contributed by atoms with E-state index >= 15 is 0 Å². The van der Waals surface area contributed by atoms with Crippen molar-refractivity contribution in [1.82, 2.24) is 0 Å². The molecule has 0 atom stereocenters. The molecule has 2 aliphatic rings. The van der Waals surface area contributed by atoms with E-state index in [0.29, 0.717) is 11.2 Å². The maximum atomic E-state index is 12.0. The quantitative estimate of drug-likeness (QED) is 0.627. The molecule has 1 heteroatoms. The molecule has 1 fully saturated rings. The second-order valence-electron chi connectivity index (χ2n) is 5.55. The van der Waals surface area contributed by atoms with Gasteiger partial charge in [0, 0.05) is 12.0 Å². The zero-order valence-electron chi connectivity index (χ0n) is 9.34. The van der Waals surface area contributed by atoms with Gasteiger partial charge in [-0.25, -0.2) is 0 Å². The number of carbonyl (C=O) groups excluding carboxylic acids is 1. The highest BCUT2D eigenvalue weighted by molar-refractivity contribution is 6.00. The van der Waals surface area contributed by atoms with E-state index < -0.39 is 0 Å². The number of Topliss-reactive ketones (excluding diaryl/α,β-unsaturated/α-hetero) is 1. The van der Waals surface area contributed by atoms with Gasteiger partial charge in [0.05, 0.1) is 0 Å². The molecule has 0 N–H and O–H groups in total. The van der Waals surface area contributed by atoms with E-state index in [1.807, 2.05) is 12.1 Å². The van der Waals surface area contributed by atoms with Crippen molar-refractivity contribution in [3.05, 3.63) is 35.4 Å². The Bertz CT molecular complexity index is 438. The maximum absolute atomic E-state index is 12.0. The minimum Gasteiger partial charge on any atom is -0.294 e. The normalized spacial score (nSPS) is 25.1. The summed E-state index contributed by atoms with van der Waals surface area (Å²) in [5.74, 6) is 0.349. The van der Waals surface area contributed by atoms with Crippen molar-refractivity contribution < 1.29 is 4.79 Å². The molecule has 2 aliphatic carbocycles. The highest BCUT2D eigenvalue weighted by Crippen LogP contribution is 2.64. The van der Waals surface area contributed by atoms with Crippen molar-refractivity contribution >= 4 is 5.78 Å². The number of benzene rings is 1. The molecule has 3 rings (SSSR count). The molecule has 0 bridgehead atoms. The van der Waals surface area contributed by atoms with Crippen LogP contribution in [0.5, 0.6) is 0 Å². The molecule has 1 spiro atoms. The molecule has 0 aromatic heterocycles. The highest BCUT2D eigenvalue weighted by atomic mass is 16.1. The smallest absolute Gasteiger partial charge is 0.163 e. The Labute approximate surface area is 90.5 Å². The zero-order chi connectivity index (χ0) is 10.7. The molecule has 1 aromatic carbocycles.